The maximum atomic E-state index is 13.3. The molecule has 0 spiro atoms. The highest BCUT2D eigenvalue weighted by Crippen LogP contribution is 2.42. The van der Waals surface area contributed by atoms with Crippen molar-refractivity contribution < 1.29 is 29.0 Å². The van der Waals surface area contributed by atoms with Crippen LogP contribution in [-0.2, 0) is 14.4 Å². The number of nitriles is 1. The summed E-state index contributed by atoms with van der Waals surface area (Å²) in [6.07, 6.45) is 0. The van der Waals surface area contributed by atoms with Crippen molar-refractivity contribution in [2.75, 3.05) is 11.5 Å². The molecule has 192 valence electrons. The van der Waals surface area contributed by atoms with Crippen LogP contribution in [0.1, 0.15) is 43.5 Å². The fourth-order valence-electron chi connectivity index (χ4n) is 4.12. The molecule has 1 N–H and O–H groups in total. The Bertz CT molecular complexity index is 1430. The number of carbonyl (C=O) groups is 3. The Labute approximate surface area is 220 Å². The van der Waals surface area contributed by atoms with Crippen LogP contribution in [0.5, 0.6) is 11.5 Å². The molecular formula is C30H26N2O6. The van der Waals surface area contributed by atoms with E-state index >= 15 is 0 Å². The number of carbonyl (C=O) groups excluding carboxylic acids is 3. The van der Waals surface area contributed by atoms with Gasteiger partial charge < -0.3 is 14.6 Å². The Morgan fingerprint density at radius 1 is 0.974 bits per heavy atom. The van der Waals surface area contributed by atoms with E-state index in [1.165, 1.54) is 11.8 Å². The van der Waals surface area contributed by atoms with E-state index in [9.17, 15) is 19.5 Å². The summed E-state index contributed by atoms with van der Waals surface area (Å²) in [6, 6.07) is 20.3. The maximum absolute atomic E-state index is 13.3. The first-order chi connectivity index (χ1) is 18.2. The summed E-state index contributed by atoms with van der Waals surface area (Å²) >= 11 is 0. The Morgan fingerprint density at radius 2 is 1.58 bits per heavy atom. The maximum Gasteiger partial charge on any atom is 0.308 e. The molecule has 38 heavy (non-hydrogen) atoms. The van der Waals surface area contributed by atoms with Crippen molar-refractivity contribution in [2.45, 2.75) is 26.8 Å². The first-order valence-electron chi connectivity index (χ1n) is 12.0. The minimum absolute atomic E-state index is 0.0876. The predicted octanol–water partition coefficient (Wildman–Crippen LogP) is 5.14. The quantitative estimate of drug-likeness (QED) is 0.154. The number of amides is 1. The van der Waals surface area contributed by atoms with Gasteiger partial charge in [0, 0.05) is 18.2 Å². The standard InChI is InChI=1S/C30H26N2O6/c1-18(2)17-37-24-12-8-22(9-13-24)28(34)26-27(21-6-14-25(15-7-21)38-19(3)33)32(30(36)29(26)35)23-10-4-20(16-31)5-11-23/h4-15,18,27,34H,17H2,1-3H3/b28-26+. The molecule has 1 saturated heterocycles. The lowest BCUT2D eigenvalue weighted by atomic mass is 9.95. The summed E-state index contributed by atoms with van der Waals surface area (Å²) in [4.78, 5) is 39.2. The number of hydrogen-bond acceptors (Lipinski definition) is 7. The SMILES string of the molecule is CC(=O)Oc1ccc(C2/C(=C(\O)c3ccc(OCC(C)C)cc3)C(=O)C(=O)N2c2ccc(C#N)cc2)cc1. The van der Waals surface area contributed by atoms with E-state index in [0.29, 0.717) is 46.4 Å². The number of nitrogens with zero attached hydrogens (tertiary/aromatic N) is 2. The Balaban J connectivity index is 1.81. The van der Waals surface area contributed by atoms with E-state index in [4.69, 9.17) is 14.7 Å². The number of benzene rings is 3. The fourth-order valence-corrected chi connectivity index (χ4v) is 4.12. The van der Waals surface area contributed by atoms with Crippen molar-refractivity contribution in [3.63, 3.8) is 0 Å². The number of Topliss-reactive ketones (excluding diaryl/α,β-unsaturated/α-hetero) is 1. The third-order valence-electron chi connectivity index (χ3n) is 5.89. The number of esters is 1. The lowest BCUT2D eigenvalue weighted by Crippen LogP contribution is -2.29. The predicted molar refractivity (Wildman–Crippen MR) is 140 cm³/mol. The van der Waals surface area contributed by atoms with E-state index in [1.807, 2.05) is 19.9 Å². The molecule has 0 aromatic heterocycles. The molecule has 1 unspecified atom stereocenters. The van der Waals surface area contributed by atoms with E-state index in [-0.39, 0.29) is 11.3 Å². The van der Waals surface area contributed by atoms with Gasteiger partial charge in [0.2, 0.25) is 0 Å². The molecule has 1 fully saturated rings. The summed E-state index contributed by atoms with van der Waals surface area (Å²) < 4.78 is 10.8. The molecule has 1 heterocycles. The highest BCUT2D eigenvalue weighted by molar-refractivity contribution is 6.51. The van der Waals surface area contributed by atoms with Crippen molar-refractivity contribution in [3.8, 4) is 17.6 Å². The molecule has 0 aliphatic carbocycles. The van der Waals surface area contributed by atoms with Gasteiger partial charge in [0.1, 0.15) is 17.3 Å². The van der Waals surface area contributed by atoms with Gasteiger partial charge in [-0.15, -0.1) is 0 Å². The number of aliphatic hydroxyl groups excluding tert-OH is 1. The first kappa shape index (κ1) is 26.2. The van der Waals surface area contributed by atoms with Gasteiger partial charge in [0.05, 0.1) is 29.9 Å². The molecule has 3 aromatic rings. The highest BCUT2D eigenvalue weighted by Gasteiger charge is 2.47. The fraction of sp³-hybridized carbons (Fsp3) is 0.200. The topological polar surface area (TPSA) is 117 Å². The van der Waals surface area contributed by atoms with Gasteiger partial charge in [-0.05, 0) is 72.1 Å². The van der Waals surface area contributed by atoms with Gasteiger partial charge in [-0.3, -0.25) is 19.3 Å². The number of ether oxygens (including phenoxy) is 2. The summed E-state index contributed by atoms with van der Waals surface area (Å²) in [5, 5.41) is 20.5. The molecule has 4 rings (SSSR count). The molecule has 8 nitrogen and oxygen atoms in total. The van der Waals surface area contributed by atoms with Crippen molar-refractivity contribution >= 4 is 29.1 Å². The van der Waals surface area contributed by atoms with Gasteiger partial charge >= 0.3 is 5.97 Å². The van der Waals surface area contributed by atoms with Crippen LogP contribution in [0.3, 0.4) is 0 Å². The number of aliphatic hydroxyl groups is 1. The van der Waals surface area contributed by atoms with E-state index < -0.39 is 23.7 Å². The van der Waals surface area contributed by atoms with Gasteiger partial charge in [-0.1, -0.05) is 26.0 Å². The van der Waals surface area contributed by atoms with E-state index in [1.54, 1.807) is 72.8 Å². The zero-order valence-electron chi connectivity index (χ0n) is 21.2. The monoisotopic (exact) mass is 510 g/mol. The van der Waals surface area contributed by atoms with Crippen LogP contribution in [0.15, 0.2) is 78.4 Å². The highest BCUT2D eigenvalue weighted by atomic mass is 16.5. The smallest absolute Gasteiger partial charge is 0.308 e. The molecule has 1 aliphatic rings. The van der Waals surface area contributed by atoms with E-state index in [2.05, 4.69) is 0 Å². The van der Waals surface area contributed by atoms with Crippen molar-refractivity contribution in [3.05, 3.63) is 95.1 Å². The largest absolute Gasteiger partial charge is 0.507 e. The molecule has 3 aromatic carbocycles. The molecule has 1 aliphatic heterocycles. The number of hydrogen-bond donors (Lipinski definition) is 1. The Hall–Kier alpha value is -4.90. The molecule has 8 heteroatoms. The lowest BCUT2D eigenvalue weighted by Gasteiger charge is -2.25. The van der Waals surface area contributed by atoms with Crippen LogP contribution in [0.2, 0.25) is 0 Å². The second-order valence-electron chi connectivity index (χ2n) is 9.22. The van der Waals surface area contributed by atoms with Crippen LogP contribution in [-0.4, -0.2) is 29.4 Å². The Morgan fingerprint density at radius 3 is 2.13 bits per heavy atom. The summed E-state index contributed by atoms with van der Waals surface area (Å²) in [5.41, 5.74) is 1.56. The average molecular weight is 511 g/mol. The zero-order chi connectivity index (χ0) is 27.4. The average Bonchev–Trinajstić information content (AvgIpc) is 3.17. The van der Waals surface area contributed by atoms with Crippen LogP contribution < -0.4 is 14.4 Å². The lowest BCUT2D eigenvalue weighted by molar-refractivity contribution is -0.132. The summed E-state index contributed by atoms with van der Waals surface area (Å²) in [5.74, 6) is -1.22. The third kappa shape index (κ3) is 5.42. The number of anilines is 1. The van der Waals surface area contributed by atoms with Crippen molar-refractivity contribution in [2.24, 2.45) is 5.92 Å². The van der Waals surface area contributed by atoms with Crippen molar-refractivity contribution in [1.29, 1.82) is 5.26 Å². The number of rotatable bonds is 7. The van der Waals surface area contributed by atoms with Gasteiger partial charge in [0.25, 0.3) is 11.7 Å². The van der Waals surface area contributed by atoms with Crippen LogP contribution in [0.25, 0.3) is 5.76 Å². The molecule has 0 saturated carbocycles. The second kappa shape index (κ2) is 11.0. The summed E-state index contributed by atoms with van der Waals surface area (Å²) in [7, 11) is 0. The summed E-state index contributed by atoms with van der Waals surface area (Å²) in [6.45, 7) is 5.88. The van der Waals surface area contributed by atoms with E-state index in [0.717, 1.165) is 0 Å². The molecule has 0 radical (unpaired) electrons. The molecule has 0 bridgehead atoms. The molecule has 1 amide bonds. The third-order valence-corrected chi connectivity index (χ3v) is 5.89. The number of ketones is 1. The minimum Gasteiger partial charge on any atom is -0.507 e. The van der Waals surface area contributed by atoms with Crippen molar-refractivity contribution in [1.82, 2.24) is 0 Å². The zero-order valence-corrected chi connectivity index (χ0v) is 21.2. The normalized spacial score (nSPS) is 16.4. The second-order valence-corrected chi connectivity index (χ2v) is 9.22. The van der Waals surface area contributed by atoms with Crippen LogP contribution in [0, 0.1) is 17.2 Å². The minimum atomic E-state index is -0.966. The van der Waals surface area contributed by atoms with Gasteiger partial charge in [-0.25, -0.2) is 0 Å². The first-order valence-corrected chi connectivity index (χ1v) is 12.0. The molecular weight excluding hydrogens is 484 g/mol. The van der Waals surface area contributed by atoms with Crippen LogP contribution >= 0.6 is 0 Å². The molecule has 1 atom stereocenters. The van der Waals surface area contributed by atoms with Gasteiger partial charge in [0.15, 0.2) is 0 Å². The van der Waals surface area contributed by atoms with Gasteiger partial charge in [-0.2, -0.15) is 5.26 Å². The van der Waals surface area contributed by atoms with Crippen LogP contribution in [0.4, 0.5) is 5.69 Å². The Kier molecular flexibility index (Phi) is 7.58.